The van der Waals surface area contributed by atoms with Gasteiger partial charge in [0.05, 0.1) is 13.2 Å². The van der Waals surface area contributed by atoms with Crippen molar-refractivity contribution in [3.05, 3.63) is 12.7 Å². The van der Waals surface area contributed by atoms with Gasteiger partial charge in [0.25, 0.3) is 0 Å². The molecule has 4 nitrogen and oxygen atoms in total. The van der Waals surface area contributed by atoms with Gasteiger partial charge in [-0.05, 0) is 19.3 Å². The number of carbonyl (C=O) groups excluding carboxylic acids is 1. The Morgan fingerprint density at radius 3 is 2.82 bits per heavy atom. The van der Waals surface area contributed by atoms with E-state index in [-0.39, 0.29) is 18.1 Å². The van der Waals surface area contributed by atoms with Crippen LogP contribution in [0.4, 0.5) is 0 Å². The van der Waals surface area contributed by atoms with Crippen LogP contribution in [0.5, 0.6) is 0 Å². The fourth-order valence-corrected chi connectivity index (χ4v) is 2.44. The Labute approximate surface area is 103 Å². The van der Waals surface area contributed by atoms with Gasteiger partial charge in [0.2, 0.25) is 0 Å². The van der Waals surface area contributed by atoms with E-state index in [1.165, 1.54) is 7.11 Å². The van der Waals surface area contributed by atoms with Gasteiger partial charge in [-0.15, -0.1) is 6.58 Å². The zero-order valence-electron chi connectivity index (χ0n) is 10.9. The van der Waals surface area contributed by atoms with Crippen molar-refractivity contribution in [1.82, 2.24) is 4.90 Å². The summed E-state index contributed by atoms with van der Waals surface area (Å²) in [7, 11) is 1.39. The second-order valence-corrected chi connectivity index (χ2v) is 4.87. The maximum Gasteiger partial charge on any atom is 0.323 e. The summed E-state index contributed by atoms with van der Waals surface area (Å²) < 4.78 is 4.79. The lowest BCUT2D eigenvalue weighted by molar-refractivity contribution is -0.146. The van der Waals surface area contributed by atoms with Crippen molar-refractivity contribution in [2.75, 3.05) is 13.7 Å². The van der Waals surface area contributed by atoms with Crippen LogP contribution < -0.4 is 0 Å². The molecule has 0 aromatic carbocycles. The fraction of sp³-hybridized carbons (Fsp3) is 0.769. The second kappa shape index (κ2) is 6.17. The van der Waals surface area contributed by atoms with Crippen LogP contribution in [0.3, 0.4) is 0 Å². The van der Waals surface area contributed by atoms with E-state index >= 15 is 0 Å². The van der Waals surface area contributed by atoms with E-state index in [0.717, 1.165) is 6.42 Å². The molecular formula is C13H23NO3. The third-order valence-corrected chi connectivity index (χ3v) is 3.68. The largest absolute Gasteiger partial charge is 0.468 e. The number of esters is 1. The Morgan fingerprint density at radius 2 is 2.29 bits per heavy atom. The number of aliphatic hydroxyl groups is 1. The average Bonchev–Trinajstić information content (AvgIpc) is 2.69. The molecule has 1 heterocycles. The lowest BCUT2D eigenvalue weighted by Crippen LogP contribution is -2.45. The van der Waals surface area contributed by atoms with Crippen molar-refractivity contribution >= 4 is 5.97 Å². The number of β-amino-alcohol motifs (C(OH)–C–C–N with tert-alkyl or cyclic N) is 1. The Morgan fingerprint density at radius 1 is 1.65 bits per heavy atom. The topological polar surface area (TPSA) is 49.8 Å². The number of hydrogen-bond donors (Lipinski definition) is 1. The number of nitrogens with zero attached hydrogens (tertiary/aromatic N) is 1. The smallest absolute Gasteiger partial charge is 0.323 e. The van der Waals surface area contributed by atoms with Crippen LogP contribution in [-0.2, 0) is 9.53 Å². The second-order valence-electron chi connectivity index (χ2n) is 4.87. The molecule has 0 saturated carbocycles. The van der Waals surface area contributed by atoms with Crippen LogP contribution in [0.2, 0.25) is 0 Å². The van der Waals surface area contributed by atoms with E-state index in [4.69, 9.17) is 4.74 Å². The highest BCUT2D eigenvalue weighted by Gasteiger charge is 2.40. The number of allylic oxidation sites excluding steroid dienone is 1. The molecule has 1 rings (SSSR count). The molecule has 0 aromatic rings. The van der Waals surface area contributed by atoms with Gasteiger partial charge in [0.1, 0.15) is 6.04 Å². The van der Waals surface area contributed by atoms with Gasteiger partial charge < -0.3 is 9.84 Å². The van der Waals surface area contributed by atoms with Crippen molar-refractivity contribution in [1.29, 1.82) is 0 Å². The minimum atomic E-state index is -0.433. The molecule has 0 aliphatic carbocycles. The predicted octanol–water partition coefficient (Wildman–Crippen LogP) is 1.20. The van der Waals surface area contributed by atoms with Gasteiger partial charge in [-0.25, -0.2) is 0 Å². The standard InChI is InChI=1S/C13H23NO3/c1-5-6-9(2)10(3)14-8-11(15)7-12(14)13(16)17-4/h5,9-12,15H,1,6-8H2,2-4H3/t9-,10+,11-,12+/m1/s1. The molecule has 0 aromatic heterocycles. The molecular weight excluding hydrogens is 218 g/mol. The van der Waals surface area contributed by atoms with Crippen molar-refractivity contribution in [3.63, 3.8) is 0 Å². The normalized spacial score (nSPS) is 28.7. The van der Waals surface area contributed by atoms with E-state index in [0.29, 0.717) is 18.9 Å². The van der Waals surface area contributed by atoms with Crippen molar-refractivity contribution in [3.8, 4) is 0 Å². The lowest BCUT2D eigenvalue weighted by atomic mass is 9.98. The van der Waals surface area contributed by atoms with Crippen molar-refractivity contribution in [2.24, 2.45) is 5.92 Å². The molecule has 0 unspecified atom stereocenters. The van der Waals surface area contributed by atoms with E-state index in [2.05, 4.69) is 20.4 Å². The molecule has 17 heavy (non-hydrogen) atoms. The molecule has 0 spiro atoms. The van der Waals surface area contributed by atoms with Crippen LogP contribution in [0.15, 0.2) is 12.7 Å². The molecule has 0 radical (unpaired) electrons. The van der Waals surface area contributed by atoms with Gasteiger partial charge in [-0.3, -0.25) is 9.69 Å². The summed E-state index contributed by atoms with van der Waals surface area (Å²) in [6, 6.07) is -0.0773. The summed E-state index contributed by atoms with van der Waals surface area (Å²) in [5.41, 5.74) is 0. The summed E-state index contributed by atoms with van der Waals surface area (Å²) >= 11 is 0. The van der Waals surface area contributed by atoms with Crippen LogP contribution in [0, 0.1) is 5.92 Å². The first-order valence-corrected chi connectivity index (χ1v) is 6.13. The molecule has 1 aliphatic heterocycles. The third kappa shape index (κ3) is 3.30. The van der Waals surface area contributed by atoms with E-state index in [1.54, 1.807) is 0 Å². The minimum Gasteiger partial charge on any atom is -0.468 e. The monoisotopic (exact) mass is 241 g/mol. The van der Waals surface area contributed by atoms with Gasteiger partial charge in [0.15, 0.2) is 0 Å². The van der Waals surface area contributed by atoms with Gasteiger partial charge in [-0.2, -0.15) is 0 Å². The SMILES string of the molecule is C=CC[C@@H](C)[C@H](C)N1C[C@H](O)C[C@H]1C(=O)OC. The molecule has 1 N–H and O–H groups in total. The maximum absolute atomic E-state index is 11.7. The highest BCUT2D eigenvalue weighted by atomic mass is 16.5. The van der Waals surface area contributed by atoms with E-state index in [9.17, 15) is 9.90 Å². The Balaban J connectivity index is 2.72. The average molecular weight is 241 g/mol. The molecule has 0 amide bonds. The molecule has 1 saturated heterocycles. The van der Waals surface area contributed by atoms with Gasteiger partial charge >= 0.3 is 5.97 Å². The number of likely N-dealkylation sites (tertiary alicyclic amines) is 1. The fourth-order valence-electron chi connectivity index (χ4n) is 2.44. The Kier molecular flexibility index (Phi) is 5.15. The summed E-state index contributed by atoms with van der Waals surface area (Å²) in [6.07, 6.45) is 2.83. The van der Waals surface area contributed by atoms with E-state index < -0.39 is 6.10 Å². The number of rotatable bonds is 5. The highest BCUT2D eigenvalue weighted by Crippen LogP contribution is 2.26. The van der Waals surface area contributed by atoms with E-state index in [1.807, 2.05) is 11.0 Å². The third-order valence-electron chi connectivity index (χ3n) is 3.68. The lowest BCUT2D eigenvalue weighted by Gasteiger charge is -2.32. The number of ether oxygens (including phenoxy) is 1. The molecule has 4 heteroatoms. The van der Waals surface area contributed by atoms with Crippen LogP contribution in [0.1, 0.15) is 26.7 Å². The van der Waals surface area contributed by atoms with Crippen LogP contribution in [-0.4, -0.2) is 47.8 Å². The summed E-state index contributed by atoms with van der Waals surface area (Å²) in [5, 5.41) is 9.71. The number of carbonyl (C=O) groups is 1. The highest BCUT2D eigenvalue weighted by molar-refractivity contribution is 5.76. The zero-order chi connectivity index (χ0) is 13.0. The summed E-state index contributed by atoms with van der Waals surface area (Å²) in [6.45, 7) is 8.50. The van der Waals surface area contributed by atoms with Gasteiger partial charge in [0, 0.05) is 19.0 Å². The molecule has 0 bridgehead atoms. The first kappa shape index (κ1) is 14.2. The number of aliphatic hydroxyl groups excluding tert-OH is 1. The van der Waals surface area contributed by atoms with Crippen molar-refractivity contribution in [2.45, 2.75) is 44.9 Å². The Bertz CT molecular complexity index is 280. The molecule has 1 aliphatic rings. The quantitative estimate of drug-likeness (QED) is 0.580. The molecule has 98 valence electrons. The predicted molar refractivity (Wildman–Crippen MR) is 66.6 cm³/mol. The van der Waals surface area contributed by atoms with Crippen LogP contribution in [0.25, 0.3) is 0 Å². The Hall–Kier alpha value is -0.870. The van der Waals surface area contributed by atoms with Gasteiger partial charge in [-0.1, -0.05) is 13.0 Å². The first-order valence-electron chi connectivity index (χ1n) is 6.13. The number of methoxy groups -OCH3 is 1. The number of hydrogen-bond acceptors (Lipinski definition) is 4. The molecule has 1 fully saturated rings. The maximum atomic E-state index is 11.7. The minimum absolute atomic E-state index is 0.231. The van der Waals surface area contributed by atoms with Crippen molar-refractivity contribution < 1.29 is 14.6 Å². The zero-order valence-corrected chi connectivity index (χ0v) is 10.9. The molecule has 4 atom stereocenters. The summed E-state index contributed by atoms with van der Waals surface area (Å²) in [4.78, 5) is 13.7. The van der Waals surface area contributed by atoms with Crippen LogP contribution >= 0.6 is 0 Å². The summed E-state index contributed by atoms with van der Waals surface area (Å²) in [5.74, 6) is 0.157. The first-order chi connectivity index (χ1) is 8.01.